The lowest BCUT2D eigenvalue weighted by Crippen LogP contribution is -2.48. The number of para-hydroxylation sites is 1. The lowest BCUT2D eigenvalue weighted by atomic mass is 10.0. The molecule has 1 heterocycles. The van der Waals surface area contributed by atoms with Crippen molar-refractivity contribution in [3.05, 3.63) is 29.8 Å². The van der Waals surface area contributed by atoms with Crippen molar-refractivity contribution in [2.75, 3.05) is 18.0 Å². The molecule has 5 heteroatoms. The lowest BCUT2D eigenvalue weighted by Gasteiger charge is -2.30. The zero-order valence-electron chi connectivity index (χ0n) is 12.3. The first kappa shape index (κ1) is 13.9. The van der Waals surface area contributed by atoms with Crippen LogP contribution in [-0.2, 0) is 16.0 Å². The second kappa shape index (κ2) is 5.76. The average molecular weight is 287 g/mol. The van der Waals surface area contributed by atoms with Crippen LogP contribution in [0, 0.1) is 11.8 Å². The number of aryl methyl sites for hydroxylation is 1. The van der Waals surface area contributed by atoms with Crippen LogP contribution in [0.3, 0.4) is 0 Å². The fourth-order valence-corrected chi connectivity index (χ4v) is 2.90. The van der Waals surface area contributed by atoms with E-state index in [0.717, 1.165) is 31.5 Å². The number of benzene rings is 1. The van der Waals surface area contributed by atoms with E-state index >= 15 is 0 Å². The van der Waals surface area contributed by atoms with Crippen LogP contribution in [0.4, 0.5) is 5.69 Å². The van der Waals surface area contributed by atoms with Gasteiger partial charge in [-0.15, -0.1) is 0 Å². The molecule has 0 aromatic heterocycles. The molecule has 2 N–H and O–H groups in total. The number of anilines is 1. The molecule has 1 fully saturated rings. The quantitative estimate of drug-likeness (QED) is 0.822. The number of hydrogen-bond donors (Lipinski definition) is 2. The Bertz CT molecular complexity index is 558. The Morgan fingerprint density at radius 3 is 2.81 bits per heavy atom. The Hall–Kier alpha value is -2.04. The summed E-state index contributed by atoms with van der Waals surface area (Å²) in [6, 6.07) is 8.17. The van der Waals surface area contributed by atoms with Crippen LogP contribution >= 0.6 is 0 Å². The third-order valence-electron chi connectivity index (χ3n) is 4.31. The number of hydrogen-bond acceptors (Lipinski definition) is 3. The minimum absolute atomic E-state index is 0.0704. The molecule has 1 saturated carbocycles. The smallest absolute Gasteiger partial charge is 0.257 e. The van der Waals surface area contributed by atoms with Gasteiger partial charge in [0.05, 0.1) is 6.54 Å². The highest BCUT2D eigenvalue weighted by Crippen LogP contribution is 2.37. The number of carbonyl (C=O) groups is 2. The molecule has 1 aliphatic heterocycles. The molecule has 1 aromatic rings. The largest absolute Gasteiger partial charge is 0.362 e. The van der Waals surface area contributed by atoms with Crippen molar-refractivity contribution in [1.29, 1.82) is 0 Å². The maximum Gasteiger partial charge on any atom is 0.257 e. The van der Waals surface area contributed by atoms with Crippen LogP contribution in [0.2, 0.25) is 0 Å². The summed E-state index contributed by atoms with van der Waals surface area (Å²) in [5.41, 5.74) is 7.46. The zero-order chi connectivity index (χ0) is 14.8. The van der Waals surface area contributed by atoms with Gasteiger partial charge in [0, 0.05) is 18.2 Å². The second-order valence-electron chi connectivity index (χ2n) is 6.01. The monoisotopic (exact) mass is 287 g/mol. The van der Waals surface area contributed by atoms with Gasteiger partial charge >= 0.3 is 0 Å². The number of carbonyl (C=O) groups excluding carboxylic acids is 2. The van der Waals surface area contributed by atoms with E-state index in [9.17, 15) is 9.59 Å². The molecule has 2 amide bonds. The third-order valence-corrected chi connectivity index (χ3v) is 4.31. The van der Waals surface area contributed by atoms with E-state index in [1.165, 1.54) is 5.56 Å². The summed E-state index contributed by atoms with van der Waals surface area (Å²) in [6.07, 6.45) is 3.03. The van der Waals surface area contributed by atoms with E-state index in [-0.39, 0.29) is 24.3 Å². The van der Waals surface area contributed by atoms with E-state index in [1.807, 2.05) is 25.1 Å². The molecular weight excluding hydrogens is 266 g/mol. The maximum absolute atomic E-state index is 12.0. The first-order valence-corrected chi connectivity index (χ1v) is 7.56. The average Bonchev–Trinajstić information content (AvgIpc) is 3.22. The summed E-state index contributed by atoms with van der Waals surface area (Å²) in [7, 11) is 0. The van der Waals surface area contributed by atoms with Crippen LogP contribution in [0.25, 0.3) is 0 Å². The Morgan fingerprint density at radius 1 is 1.29 bits per heavy atom. The molecular formula is C16H21N3O2. The molecule has 21 heavy (non-hydrogen) atoms. The maximum atomic E-state index is 12.0. The Morgan fingerprint density at radius 2 is 2.05 bits per heavy atom. The number of rotatable bonds is 3. The van der Waals surface area contributed by atoms with Gasteiger partial charge < -0.3 is 4.90 Å². The molecule has 2 atom stereocenters. The SMILES string of the molecule is C[C@@H]1C[C@H]1C(=O)NNC(=O)CN1CCCc2ccccc21. The Labute approximate surface area is 124 Å². The van der Waals surface area contributed by atoms with E-state index < -0.39 is 0 Å². The van der Waals surface area contributed by atoms with Gasteiger partial charge in [-0.3, -0.25) is 20.4 Å². The molecule has 0 saturated heterocycles. The summed E-state index contributed by atoms with van der Waals surface area (Å²) in [6.45, 7) is 3.19. The van der Waals surface area contributed by atoms with E-state index in [1.54, 1.807) is 0 Å². The van der Waals surface area contributed by atoms with Crippen LogP contribution in [0.15, 0.2) is 24.3 Å². The van der Waals surface area contributed by atoms with Gasteiger partial charge in [0.15, 0.2) is 0 Å². The minimum atomic E-state index is -0.173. The van der Waals surface area contributed by atoms with Crippen molar-refractivity contribution in [1.82, 2.24) is 10.9 Å². The molecule has 5 nitrogen and oxygen atoms in total. The predicted octanol–water partition coefficient (Wildman–Crippen LogP) is 1.24. The number of fused-ring (bicyclic) bond motifs is 1. The summed E-state index contributed by atoms with van der Waals surface area (Å²) >= 11 is 0. The van der Waals surface area contributed by atoms with Crippen molar-refractivity contribution in [3.63, 3.8) is 0 Å². The van der Waals surface area contributed by atoms with Crippen molar-refractivity contribution >= 4 is 17.5 Å². The fraction of sp³-hybridized carbons (Fsp3) is 0.500. The van der Waals surface area contributed by atoms with Gasteiger partial charge in [0.1, 0.15) is 0 Å². The second-order valence-corrected chi connectivity index (χ2v) is 6.01. The summed E-state index contributed by atoms with van der Waals surface area (Å²) in [5, 5.41) is 0. The third kappa shape index (κ3) is 3.17. The predicted molar refractivity (Wildman–Crippen MR) is 80.5 cm³/mol. The van der Waals surface area contributed by atoms with Crippen LogP contribution < -0.4 is 15.8 Å². The van der Waals surface area contributed by atoms with Gasteiger partial charge in [0.25, 0.3) is 5.91 Å². The van der Waals surface area contributed by atoms with Crippen LogP contribution in [-0.4, -0.2) is 24.9 Å². The molecule has 0 bridgehead atoms. The molecule has 0 unspecified atom stereocenters. The summed E-state index contributed by atoms with van der Waals surface area (Å²) in [5.74, 6) is 0.264. The number of amides is 2. The molecule has 1 aliphatic carbocycles. The highest BCUT2D eigenvalue weighted by molar-refractivity contribution is 5.87. The van der Waals surface area contributed by atoms with E-state index in [4.69, 9.17) is 0 Å². The van der Waals surface area contributed by atoms with Crippen molar-refractivity contribution in [2.24, 2.45) is 11.8 Å². The van der Waals surface area contributed by atoms with Gasteiger partial charge in [-0.2, -0.15) is 0 Å². The fourth-order valence-electron chi connectivity index (χ4n) is 2.90. The molecule has 3 rings (SSSR count). The van der Waals surface area contributed by atoms with Gasteiger partial charge in [-0.1, -0.05) is 25.1 Å². The lowest BCUT2D eigenvalue weighted by molar-refractivity contribution is -0.129. The van der Waals surface area contributed by atoms with Gasteiger partial charge in [-0.05, 0) is 36.8 Å². The normalized spacial score (nSPS) is 23.2. The van der Waals surface area contributed by atoms with E-state index in [0.29, 0.717) is 5.92 Å². The number of hydrazine groups is 1. The van der Waals surface area contributed by atoms with Gasteiger partial charge in [-0.25, -0.2) is 0 Å². The molecule has 112 valence electrons. The molecule has 0 radical (unpaired) electrons. The van der Waals surface area contributed by atoms with Crippen molar-refractivity contribution in [2.45, 2.75) is 26.2 Å². The van der Waals surface area contributed by atoms with Crippen molar-refractivity contribution < 1.29 is 9.59 Å². The Balaban J connectivity index is 1.52. The highest BCUT2D eigenvalue weighted by Gasteiger charge is 2.39. The molecule has 1 aromatic carbocycles. The summed E-state index contributed by atoms with van der Waals surface area (Å²) in [4.78, 5) is 25.7. The zero-order valence-corrected chi connectivity index (χ0v) is 12.3. The van der Waals surface area contributed by atoms with Crippen LogP contribution in [0.1, 0.15) is 25.3 Å². The van der Waals surface area contributed by atoms with Crippen LogP contribution in [0.5, 0.6) is 0 Å². The highest BCUT2D eigenvalue weighted by atomic mass is 16.2. The first-order chi connectivity index (χ1) is 10.1. The Kier molecular flexibility index (Phi) is 3.82. The number of nitrogens with zero attached hydrogens (tertiary/aromatic N) is 1. The first-order valence-electron chi connectivity index (χ1n) is 7.56. The van der Waals surface area contributed by atoms with E-state index in [2.05, 4.69) is 21.8 Å². The van der Waals surface area contributed by atoms with Gasteiger partial charge in [0.2, 0.25) is 5.91 Å². The summed E-state index contributed by atoms with van der Waals surface area (Å²) < 4.78 is 0. The molecule has 2 aliphatic rings. The van der Waals surface area contributed by atoms with Crippen molar-refractivity contribution in [3.8, 4) is 0 Å². The minimum Gasteiger partial charge on any atom is -0.362 e. The topological polar surface area (TPSA) is 61.4 Å². The standard InChI is InChI=1S/C16H21N3O2/c1-11-9-13(11)16(21)18-17-15(20)10-19-8-4-6-12-5-2-3-7-14(12)19/h2-3,5,7,11,13H,4,6,8-10H2,1H3,(H,17,20)(H,18,21)/t11-,13-/m1/s1. The molecule has 0 spiro atoms. The number of nitrogens with one attached hydrogen (secondary N) is 2.